The van der Waals surface area contributed by atoms with Crippen molar-refractivity contribution in [2.45, 2.75) is 64.2 Å². The van der Waals surface area contributed by atoms with Crippen LogP contribution < -0.4 is 5.32 Å². The van der Waals surface area contributed by atoms with Crippen LogP contribution in [0.4, 0.5) is 0 Å². The molecule has 1 aliphatic heterocycles. The summed E-state index contributed by atoms with van der Waals surface area (Å²) in [6.45, 7) is 2.34. The lowest BCUT2D eigenvalue weighted by Gasteiger charge is -2.19. The van der Waals surface area contributed by atoms with Crippen molar-refractivity contribution >= 4 is 22.8 Å². The second-order valence-corrected chi connectivity index (χ2v) is 7.58. The van der Waals surface area contributed by atoms with Crippen LogP contribution >= 0.6 is 0 Å². The molecule has 0 radical (unpaired) electrons. The van der Waals surface area contributed by atoms with E-state index in [0.29, 0.717) is 18.5 Å². The smallest absolute Gasteiger partial charge is 0.235 e. The van der Waals surface area contributed by atoms with Gasteiger partial charge in [-0.2, -0.15) is 0 Å². The van der Waals surface area contributed by atoms with Crippen LogP contribution in [0.1, 0.15) is 68.2 Å². The van der Waals surface area contributed by atoms with E-state index in [4.69, 9.17) is 4.52 Å². The Kier molecular flexibility index (Phi) is 4.32. The normalized spacial score (nSPS) is 25.0. The molecule has 2 heterocycles. The fraction of sp³-hybridized carbons (Fsp3) is 0.550. The summed E-state index contributed by atoms with van der Waals surface area (Å²) in [5, 5.41) is 7.54. The van der Waals surface area contributed by atoms with E-state index in [1.807, 2.05) is 0 Å². The van der Waals surface area contributed by atoms with Gasteiger partial charge in [0.15, 0.2) is 5.58 Å². The van der Waals surface area contributed by atoms with Gasteiger partial charge in [0.25, 0.3) is 0 Å². The van der Waals surface area contributed by atoms with E-state index in [9.17, 15) is 9.59 Å². The van der Waals surface area contributed by atoms with E-state index < -0.39 is 5.92 Å². The fourth-order valence-electron chi connectivity index (χ4n) is 4.19. The molecule has 2 aromatic rings. The van der Waals surface area contributed by atoms with Gasteiger partial charge < -0.3 is 4.52 Å². The number of imide groups is 1. The maximum absolute atomic E-state index is 12.2. The molecule has 1 fully saturated rings. The zero-order chi connectivity index (χ0) is 17.4. The van der Waals surface area contributed by atoms with Crippen molar-refractivity contribution < 1.29 is 14.1 Å². The number of benzene rings is 1. The van der Waals surface area contributed by atoms with Crippen LogP contribution in [-0.2, 0) is 22.4 Å². The predicted octanol–water partition coefficient (Wildman–Crippen LogP) is 3.64. The molecule has 2 atom stereocenters. The molecule has 1 N–H and O–H groups in total. The maximum atomic E-state index is 12.2. The lowest BCUT2D eigenvalue weighted by atomic mass is 9.90. The molecule has 2 amide bonds. The van der Waals surface area contributed by atoms with Crippen LogP contribution in [-0.4, -0.2) is 17.0 Å². The van der Waals surface area contributed by atoms with E-state index in [0.717, 1.165) is 29.7 Å². The van der Waals surface area contributed by atoms with Gasteiger partial charge in [-0.15, -0.1) is 0 Å². The summed E-state index contributed by atoms with van der Waals surface area (Å²) in [6, 6.07) is 4.29. The predicted molar refractivity (Wildman–Crippen MR) is 94.2 cm³/mol. The first-order valence-corrected chi connectivity index (χ1v) is 9.36. The second-order valence-electron chi connectivity index (χ2n) is 7.58. The standard InChI is InChI=1S/C20H24N2O3/c1-12-4-2-6-13-10-16-17(11-14(13)7-3-5-12)25-22-19(16)15-8-9-18(23)21-20(15)24/h10-12,15H,2-9H2,1H3,(H,21,23,24). The number of piperidine rings is 1. The quantitative estimate of drug-likeness (QED) is 0.805. The Morgan fingerprint density at radius 3 is 2.48 bits per heavy atom. The average Bonchev–Trinajstić information content (AvgIpc) is 3.00. The Hall–Kier alpha value is -2.17. The first kappa shape index (κ1) is 16.3. The Morgan fingerprint density at radius 1 is 1.04 bits per heavy atom. The summed E-state index contributed by atoms with van der Waals surface area (Å²) in [6.07, 6.45) is 7.93. The monoisotopic (exact) mass is 340 g/mol. The molecule has 5 nitrogen and oxygen atoms in total. The van der Waals surface area contributed by atoms with Crippen LogP contribution in [0.5, 0.6) is 0 Å². The van der Waals surface area contributed by atoms with Gasteiger partial charge in [-0.1, -0.05) is 24.9 Å². The Labute approximate surface area is 147 Å². The number of aryl methyl sites for hydroxylation is 2. The van der Waals surface area contributed by atoms with Crippen molar-refractivity contribution in [3.63, 3.8) is 0 Å². The number of aromatic nitrogens is 1. The van der Waals surface area contributed by atoms with Crippen molar-refractivity contribution in [2.75, 3.05) is 0 Å². The molecule has 0 saturated carbocycles. The van der Waals surface area contributed by atoms with Crippen LogP contribution in [0.25, 0.3) is 11.0 Å². The number of carbonyl (C=O) groups excluding carboxylic acids is 2. The van der Waals surface area contributed by atoms with Gasteiger partial charge in [-0.25, -0.2) is 0 Å². The molecule has 0 spiro atoms. The molecule has 1 aromatic carbocycles. The van der Waals surface area contributed by atoms with Crippen molar-refractivity contribution in [1.82, 2.24) is 10.5 Å². The fourth-order valence-corrected chi connectivity index (χ4v) is 4.19. The third-order valence-corrected chi connectivity index (χ3v) is 5.68. The van der Waals surface area contributed by atoms with Gasteiger partial charge in [0, 0.05) is 11.8 Å². The number of hydrogen-bond acceptors (Lipinski definition) is 4. The highest BCUT2D eigenvalue weighted by molar-refractivity contribution is 6.02. The molecule has 2 aliphatic rings. The summed E-state index contributed by atoms with van der Waals surface area (Å²) in [5.41, 5.74) is 4.15. The average molecular weight is 340 g/mol. The van der Waals surface area contributed by atoms with Gasteiger partial charge in [0.1, 0.15) is 5.69 Å². The molecular weight excluding hydrogens is 316 g/mol. The third kappa shape index (κ3) is 3.20. The van der Waals surface area contributed by atoms with Crippen molar-refractivity contribution in [1.29, 1.82) is 0 Å². The minimum atomic E-state index is -0.395. The molecule has 1 aromatic heterocycles. The SMILES string of the molecule is CC1CCCc2cc3onc(C4CCC(=O)NC4=O)c3cc2CCC1. The number of rotatable bonds is 1. The van der Waals surface area contributed by atoms with E-state index in [2.05, 4.69) is 29.5 Å². The highest BCUT2D eigenvalue weighted by atomic mass is 16.5. The Balaban J connectivity index is 1.70. The molecule has 25 heavy (non-hydrogen) atoms. The van der Waals surface area contributed by atoms with Gasteiger partial charge in [-0.3, -0.25) is 14.9 Å². The zero-order valence-electron chi connectivity index (χ0n) is 14.6. The minimum Gasteiger partial charge on any atom is -0.356 e. The summed E-state index contributed by atoms with van der Waals surface area (Å²) in [4.78, 5) is 23.6. The summed E-state index contributed by atoms with van der Waals surface area (Å²) >= 11 is 0. The van der Waals surface area contributed by atoms with Gasteiger partial charge >= 0.3 is 0 Å². The third-order valence-electron chi connectivity index (χ3n) is 5.68. The first-order chi connectivity index (χ1) is 12.1. The molecule has 1 aliphatic carbocycles. The van der Waals surface area contributed by atoms with Crippen LogP contribution in [0.2, 0.25) is 0 Å². The summed E-state index contributed by atoms with van der Waals surface area (Å²) in [5.74, 6) is -0.0697. The summed E-state index contributed by atoms with van der Waals surface area (Å²) in [7, 11) is 0. The molecule has 1 saturated heterocycles. The van der Waals surface area contributed by atoms with Crippen LogP contribution in [0.15, 0.2) is 16.7 Å². The maximum Gasteiger partial charge on any atom is 0.235 e. The first-order valence-electron chi connectivity index (χ1n) is 9.36. The van der Waals surface area contributed by atoms with Crippen molar-refractivity contribution in [3.05, 3.63) is 29.0 Å². The van der Waals surface area contributed by atoms with E-state index in [1.54, 1.807) is 0 Å². The highest BCUT2D eigenvalue weighted by Gasteiger charge is 2.32. The van der Waals surface area contributed by atoms with Gasteiger partial charge in [0.05, 0.1) is 5.92 Å². The van der Waals surface area contributed by atoms with E-state index in [1.165, 1.54) is 36.8 Å². The number of nitrogens with one attached hydrogen (secondary N) is 1. The molecule has 0 bridgehead atoms. The van der Waals surface area contributed by atoms with Crippen LogP contribution in [0, 0.1) is 5.92 Å². The molecule has 4 rings (SSSR count). The zero-order valence-corrected chi connectivity index (χ0v) is 14.6. The van der Waals surface area contributed by atoms with Gasteiger partial charge in [0.2, 0.25) is 11.8 Å². The molecule has 132 valence electrons. The Bertz CT molecular complexity index is 824. The highest BCUT2D eigenvalue weighted by Crippen LogP contribution is 2.33. The lowest BCUT2D eigenvalue weighted by Crippen LogP contribution is -2.39. The largest absolute Gasteiger partial charge is 0.356 e. The lowest BCUT2D eigenvalue weighted by molar-refractivity contribution is -0.134. The number of carbonyl (C=O) groups is 2. The molecule has 5 heteroatoms. The van der Waals surface area contributed by atoms with E-state index >= 15 is 0 Å². The number of nitrogens with zero attached hydrogens (tertiary/aromatic N) is 1. The van der Waals surface area contributed by atoms with Gasteiger partial charge in [-0.05, 0) is 61.3 Å². The second kappa shape index (κ2) is 6.62. The topological polar surface area (TPSA) is 72.2 Å². The molecular formula is C20H24N2O3. The van der Waals surface area contributed by atoms with Crippen molar-refractivity contribution in [2.24, 2.45) is 5.92 Å². The van der Waals surface area contributed by atoms with Crippen LogP contribution in [0.3, 0.4) is 0 Å². The summed E-state index contributed by atoms with van der Waals surface area (Å²) < 4.78 is 5.55. The van der Waals surface area contributed by atoms with Crippen molar-refractivity contribution in [3.8, 4) is 0 Å². The number of hydrogen-bond donors (Lipinski definition) is 1. The number of fused-ring (bicyclic) bond motifs is 2. The number of amides is 2. The van der Waals surface area contributed by atoms with E-state index in [-0.39, 0.29) is 11.8 Å². The minimum absolute atomic E-state index is 0.204. The Morgan fingerprint density at radius 2 is 1.76 bits per heavy atom. The molecule has 2 unspecified atom stereocenters.